The van der Waals surface area contributed by atoms with Gasteiger partial charge < -0.3 is 14.6 Å². The normalized spacial score (nSPS) is 43.6. The summed E-state index contributed by atoms with van der Waals surface area (Å²) in [4.78, 5) is 0. The summed E-state index contributed by atoms with van der Waals surface area (Å²) >= 11 is 0.849. The smallest absolute Gasteiger partial charge is 0.307 e. The maximum absolute atomic E-state index is 8.61. The molecular formula is C5H11AlO3. The summed E-state index contributed by atoms with van der Waals surface area (Å²) in [6, 6.07) is 0. The molecule has 1 heterocycles. The molecule has 0 radical (unpaired) electrons. The van der Waals surface area contributed by atoms with Crippen LogP contribution in [0.2, 0.25) is 0 Å². The van der Waals surface area contributed by atoms with Gasteiger partial charge in [-0.25, -0.2) is 0 Å². The molecule has 0 saturated carbocycles. The van der Waals surface area contributed by atoms with Gasteiger partial charge in [0.15, 0.2) is 0 Å². The van der Waals surface area contributed by atoms with E-state index in [1.165, 1.54) is 0 Å². The molecule has 0 aromatic heterocycles. The summed E-state index contributed by atoms with van der Waals surface area (Å²) in [6.07, 6.45) is -0.0903. The number of aliphatic hydroxyl groups excluding tert-OH is 1. The van der Waals surface area contributed by atoms with Crippen LogP contribution in [0.4, 0.5) is 0 Å². The van der Waals surface area contributed by atoms with Crippen LogP contribution in [0.3, 0.4) is 0 Å². The first kappa shape index (κ1) is 7.52. The molecule has 0 amide bonds. The topological polar surface area (TPSA) is 38.7 Å². The predicted octanol–water partition coefficient (Wildman–Crippen LogP) is -1.30. The van der Waals surface area contributed by atoms with E-state index in [0.29, 0.717) is 6.61 Å². The van der Waals surface area contributed by atoms with Crippen molar-refractivity contribution in [3.05, 3.63) is 0 Å². The van der Waals surface area contributed by atoms with Gasteiger partial charge in [0.2, 0.25) is 0 Å². The van der Waals surface area contributed by atoms with Gasteiger partial charge in [0.05, 0.1) is 17.9 Å². The molecule has 0 aromatic rings. The molecule has 0 bridgehead atoms. The summed E-state index contributed by atoms with van der Waals surface area (Å²) in [7, 11) is 0. The Kier molecular flexibility index (Phi) is 2.15. The third-order valence-corrected chi connectivity index (χ3v) is 1.80. The average molecular weight is 146 g/mol. The highest BCUT2D eigenvalue weighted by Crippen LogP contribution is 2.18. The quantitative estimate of drug-likeness (QED) is 0.467. The summed E-state index contributed by atoms with van der Waals surface area (Å²) in [5.41, 5.74) is 0. The monoisotopic (exact) mass is 146 g/mol. The van der Waals surface area contributed by atoms with E-state index in [0.717, 1.165) is 16.3 Å². The molecule has 4 heteroatoms. The molecule has 1 aliphatic rings. The van der Waals surface area contributed by atoms with Gasteiger partial charge >= 0.3 is 16.3 Å². The van der Waals surface area contributed by atoms with Crippen LogP contribution in [0.15, 0.2) is 0 Å². The van der Waals surface area contributed by atoms with Crippen LogP contribution in [0.25, 0.3) is 0 Å². The first-order valence-electron chi connectivity index (χ1n) is 3.07. The Balaban J connectivity index is 2.38. The van der Waals surface area contributed by atoms with Crippen molar-refractivity contribution in [2.45, 2.75) is 17.7 Å². The third kappa shape index (κ3) is 1.92. The Morgan fingerprint density at radius 1 is 1.89 bits per heavy atom. The molecule has 2 unspecified atom stereocenters. The van der Waals surface area contributed by atoms with E-state index in [1.54, 1.807) is 0 Å². The van der Waals surface area contributed by atoms with Crippen LogP contribution in [-0.4, -0.2) is 45.4 Å². The molecular weight excluding hydrogens is 135 g/mol. The van der Waals surface area contributed by atoms with Crippen LogP contribution in [-0.2, 0) is 9.47 Å². The molecule has 1 aliphatic heterocycles. The maximum atomic E-state index is 8.61. The van der Waals surface area contributed by atoms with Crippen molar-refractivity contribution in [2.24, 2.45) is 0 Å². The van der Waals surface area contributed by atoms with Gasteiger partial charge in [-0.3, -0.25) is 0 Å². The highest BCUT2D eigenvalue weighted by molar-refractivity contribution is 6.13. The number of ether oxygens (including phenoxy) is 2. The zero-order chi connectivity index (χ0) is 6.91. The van der Waals surface area contributed by atoms with Crippen LogP contribution < -0.4 is 0 Å². The lowest BCUT2D eigenvalue weighted by Gasteiger charge is -2.16. The third-order valence-electron chi connectivity index (χ3n) is 1.27. The molecule has 52 valence electrons. The Hall–Kier alpha value is 0.412. The zero-order valence-electron chi connectivity index (χ0n) is 5.76. The minimum Gasteiger partial charge on any atom is -0.394 e. The van der Waals surface area contributed by atoms with Crippen molar-refractivity contribution in [1.82, 2.24) is 0 Å². The van der Waals surface area contributed by atoms with Crippen molar-refractivity contribution in [3.63, 3.8) is 0 Å². The second-order valence-electron chi connectivity index (χ2n) is 2.63. The van der Waals surface area contributed by atoms with E-state index in [9.17, 15) is 0 Å². The molecule has 3 nitrogen and oxygen atoms in total. The fraction of sp³-hybridized carbons (Fsp3) is 1.00. The van der Waals surface area contributed by atoms with E-state index in [1.807, 2.05) is 6.92 Å². The van der Waals surface area contributed by atoms with Crippen molar-refractivity contribution < 1.29 is 14.6 Å². The lowest BCUT2D eigenvalue weighted by atomic mass is 10.4. The van der Waals surface area contributed by atoms with Crippen LogP contribution >= 0.6 is 0 Å². The van der Waals surface area contributed by atoms with E-state index in [2.05, 4.69) is 0 Å². The molecule has 1 N–H and O–H groups in total. The second kappa shape index (κ2) is 2.57. The SMILES string of the molecule is C[C]1([AlH2])OCC(CO)O1. The summed E-state index contributed by atoms with van der Waals surface area (Å²) < 4.78 is 10.2. The van der Waals surface area contributed by atoms with E-state index >= 15 is 0 Å². The summed E-state index contributed by atoms with van der Waals surface area (Å²) in [6.45, 7) is 2.50. The average Bonchev–Trinajstić information content (AvgIpc) is 2.10. The molecule has 1 fully saturated rings. The number of hydrogen-bond donors (Lipinski definition) is 1. The zero-order valence-corrected chi connectivity index (χ0v) is 7.76. The van der Waals surface area contributed by atoms with Crippen LogP contribution in [0.1, 0.15) is 6.92 Å². The standard InChI is InChI=1S/C5H9O3.Al.2H/c1-4-7-3-5(2-6)8-4;;;/h5-6H,2-3H2,1H3;;;. The Morgan fingerprint density at radius 3 is 2.78 bits per heavy atom. The van der Waals surface area contributed by atoms with Gasteiger partial charge in [-0.15, -0.1) is 0 Å². The van der Waals surface area contributed by atoms with Gasteiger partial charge in [-0.1, -0.05) is 0 Å². The van der Waals surface area contributed by atoms with E-state index < -0.39 is 0 Å². The van der Waals surface area contributed by atoms with Crippen molar-refractivity contribution in [3.8, 4) is 0 Å². The second-order valence-corrected chi connectivity index (χ2v) is 4.45. The molecule has 1 rings (SSSR count). The van der Waals surface area contributed by atoms with E-state index in [-0.39, 0.29) is 17.4 Å². The van der Waals surface area contributed by atoms with Crippen molar-refractivity contribution in [2.75, 3.05) is 13.2 Å². The lowest BCUT2D eigenvalue weighted by molar-refractivity contribution is -0.0894. The summed E-state index contributed by atoms with van der Waals surface area (Å²) in [5.74, 6) is 0. The molecule has 9 heavy (non-hydrogen) atoms. The fourth-order valence-corrected chi connectivity index (χ4v) is 1.35. The van der Waals surface area contributed by atoms with Gasteiger partial charge in [0.1, 0.15) is 6.10 Å². The molecule has 0 aromatic carbocycles. The minimum atomic E-state index is -0.354. The van der Waals surface area contributed by atoms with Gasteiger partial charge in [-0.2, -0.15) is 0 Å². The van der Waals surface area contributed by atoms with Crippen molar-refractivity contribution in [1.29, 1.82) is 0 Å². The molecule has 2 atom stereocenters. The van der Waals surface area contributed by atoms with Crippen molar-refractivity contribution >= 4 is 16.3 Å². The number of aliphatic hydroxyl groups is 1. The largest absolute Gasteiger partial charge is 0.394 e. The van der Waals surface area contributed by atoms with E-state index in [4.69, 9.17) is 14.6 Å². The maximum Gasteiger partial charge on any atom is 0.307 e. The first-order valence-corrected chi connectivity index (χ1v) is 4.07. The molecule has 1 saturated heterocycles. The number of hydrogen-bond acceptors (Lipinski definition) is 3. The lowest BCUT2D eigenvalue weighted by Crippen LogP contribution is -2.27. The highest BCUT2D eigenvalue weighted by Gasteiger charge is 2.31. The Morgan fingerprint density at radius 2 is 2.56 bits per heavy atom. The van der Waals surface area contributed by atoms with Crippen LogP contribution in [0.5, 0.6) is 0 Å². The number of rotatable bonds is 1. The Labute approximate surface area is 62.4 Å². The van der Waals surface area contributed by atoms with Gasteiger partial charge in [0, 0.05) is 0 Å². The minimum absolute atomic E-state index is 0.0673. The molecule has 0 aliphatic carbocycles. The van der Waals surface area contributed by atoms with Crippen LogP contribution in [0, 0.1) is 0 Å². The predicted molar refractivity (Wildman–Crippen MR) is 34.9 cm³/mol. The molecule has 0 spiro atoms. The first-order chi connectivity index (χ1) is 4.14. The van der Waals surface area contributed by atoms with Gasteiger partial charge in [-0.05, 0) is 6.92 Å². The highest BCUT2D eigenvalue weighted by atomic mass is 27.0. The van der Waals surface area contributed by atoms with Gasteiger partial charge in [0.25, 0.3) is 0 Å². The Bertz CT molecular complexity index is 104. The summed E-state index contributed by atoms with van der Waals surface area (Å²) in [5, 5.41) is 8.61. The fourth-order valence-electron chi connectivity index (χ4n) is 0.853.